The van der Waals surface area contributed by atoms with Crippen LogP contribution in [0.4, 0.5) is 0 Å². The highest BCUT2D eigenvalue weighted by atomic mass is 32.2. The van der Waals surface area contributed by atoms with Gasteiger partial charge in [0.2, 0.25) is 6.10 Å². The second kappa shape index (κ2) is 8.56. The van der Waals surface area contributed by atoms with Gasteiger partial charge >= 0.3 is 5.97 Å². The zero-order valence-electron chi connectivity index (χ0n) is 15.7. The van der Waals surface area contributed by atoms with E-state index >= 15 is 0 Å². The first-order valence-electron chi connectivity index (χ1n) is 9.21. The van der Waals surface area contributed by atoms with Crippen LogP contribution in [0.2, 0.25) is 0 Å². The van der Waals surface area contributed by atoms with Crippen LogP contribution in [-0.2, 0) is 19.4 Å². The highest BCUT2D eigenvalue weighted by Gasteiger charge is 2.30. The first-order valence-corrected chi connectivity index (χ1v) is 11.1. The summed E-state index contributed by atoms with van der Waals surface area (Å²) < 4.78 is 28.7. The van der Waals surface area contributed by atoms with Crippen molar-refractivity contribution >= 4 is 21.7 Å². The second-order valence-corrected chi connectivity index (χ2v) is 8.89. The van der Waals surface area contributed by atoms with Gasteiger partial charge in [-0.3, -0.25) is 4.79 Å². The molecule has 1 atom stereocenters. The average molecular weight is 401 g/mol. The number of benzene rings is 2. The Morgan fingerprint density at radius 3 is 2.11 bits per heavy atom. The van der Waals surface area contributed by atoms with Crippen LogP contribution in [0.1, 0.15) is 41.3 Å². The number of likely N-dealkylation sites (tertiary alicyclic amines) is 1. The summed E-state index contributed by atoms with van der Waals surface area (Å²) in [4.78, 5) is 27.5. The van der Waals surface area contributed by atoms with Gasteiger partial charge in [0.1, 0.15) is 0 Å². The van der Waals surface area contributed by atoms with E-state index < -0.39 is 21.9 Å². The molecule has 0 radical (unpaired) electrons. The molecular weight excluding hydrogens is 378 g/mol. The summed E-state index contributed by atoms with van der Waals surface area (Å²) in [7, 11) is -3.35. The Morgan fingerprint density at radius 2 is 1.54 bits per heavy atom. The highest BCUT2D eigenvalue weighted by Crippen LogP contribution is 2.24. The van der Waals surface area contributed by atoms with E-state index in [1.165, 1.54) is 24.3 Å². The molecule has 2 aromatic carbocycles. The van der Waals surface area contributed by atoms with Crippen LogP contribution < -0.4 is 0 Å². The summed E-state index contributed by atoms with van der Waals surface area (Å²) in [6.45, 7) is 1.31. The molecule has 0 unspecified atom stereocenters. The summed E-state index contributed by atoms with van der Waals surface area (Å²) in [6.07, 6.45) is 3.04. The molecule has 0 N–H and O–H groups in total. The maximum absolute atomic E-state index is 13.0. The van der Waals surface area contributed by atoms with Crippen molar-refractivity contribution < 1.29 is 22.7 Å². The van der Waals surface area contributed by atoms with Crippen molar-refractivity contribution in [2.24, 2.45) is 0 Å². The molecule has 1 heterocycles. The number of esters is 1. The Balaban J connectivity index is 1.82. The molecule has 7 heteroatoms. The minimum Gasteiger partial charge on any atom is -0.444 e. The zero-order chi connectivity index (χ0) is 20.1. The third-order valence-corrected chi connectivity index (χ3v) is 5.87. The zero-order valence-corrected chi connectivity index (χ0v) is 16.5. The van der Waals surface area contributed by atoms with Crippen LogP contribution in [0.3, 0.4) is 0 Å². The van der Waals surface area contributed by atoms with Gasteiger partial charge in [-0.1, -0.05) is 30.3 Å². The number of carbonyl (C=O) groups excluding carboxylic acids is 2. The average Bonchev–Trinajstić information content (AvgIpc) is 2.72. The number of ether oxygens (including phenoxy) is 1. The Labute approximate surface area is 165 Å². The van der Waals surface area contributed by atoms with E-state index in [-0.39, 0.29) is 16.4 Å². The number of sulfone groups is 1. The third-order valence-electron chi connectivity index (χ3n) is 4.74. The number of rotatable bonds is 5. The number of nitrogens with zero attached hydrogens (tertiary/aromatic N) is 1. The van der Waals surface area contributed by atoms with Gasteiger partial charge in [0.15, 0.2) is 9.84 Å². The summed E-state index contributed by atoms with van der Waals surface area (Å²) in [6, 6.07) is 14.4. The molecule has 148 valence electrons. The Hall–Kier alpha value is -2.67. The Kier molecular flexibility index (Phi) is 6.14. The monoisotopic (exact) mass is 401 g/mol. The Morgan fingerprint density at radius 1 is 0.929 bits per heavy atom. The molecule has 1 amide bonds. The number of amides is 1. The van der Waals surface area contributed by atoms with Gasteiger partial charge in [-0.25, -0.2) is 13.2 Å². The Bertz CT molecular complexity index is 933. The fraction of sp³-hybridized carbons (Fsp3) is 0.333. The van der Waals surface area contributed by atoms with E-state index in [9.17, 15) is 18.0 Å². The fourth-order valence-corrected chi connectivity index (χ4v) is 3.81. The number of carbonyl (C=O) groups is 2. The van der Waals surface area contributed by atoms with Crippen molar-refractivity contribution in [3.63, 3.8) is 0 Å². The van der Waals surface area contributed by atoms with Crippen molar-refractivity contribution in [1.82, 2.24) is 4.90 Å². The molecule has 28 heavy (non-hydrogen) atoms. The third kappa shape index (κ3) is 4.78. The SMILES string of the molecule is CS(=O)(=O)c1ccc(C(=O)O[C@H](C(=O)N2CCCCC2)c2ccccc2)cc1. The number of hydrogen-bond acceptors (Lipinski definition) is 5. The van der Waals surface area contributed by atoms with Crippen molar-refractivity contribution in [1.29, 1.82) is 0 Å². The fourth-order valence-electron chi connectivity index (χ4n) is 3.18. The molecule has 1 aliphatic rings. The summed E-state index contributed by atoms with van der Waals surface area (Å²) in [5, 5.41) is 0. The van der Waals surface area contributed by atoms with Gasteiger partial charge in [-0.15, -0.1) is 0 Å². The van der Waals surface area contributed by atoms with Gasteiger partial charge < -0.3 is 9.64 Å². The van der Waals surface area contributed by atoms with Crippen LogP contribution in [0.25, 0.3) is 0 Å². The number of hydrogen-bond donors (Lipinski definition) is 0. The molecule has 0 spiro atoms. The standard InChI is InChI=1S/C21H23NO5S/c1-28(25,26)18-12-10-17(11-13-18)21(24)27-19(16-8-4-2-5-9-16)20(23)22-14-6-3-7-15-22/h2,4-5,8-13,19H,3,6-7,14-15H2,1H3/t19-/m0/s1. The van der Waals surface area contributed by atoms with Gasteiger partial charge in [-0.05, 0) is 43.5 Å². The molecule has 0 saturated carbocycles. The summed E-state index contributed by atoms with van der Waals surface area (Å²) in [5.74, 6) is -0.897. The van der Waals surface area contributed by atoms with Gasteiger partial charge in [0, 0.05) is 24.9 Å². The quantitative estimate of drug-likeness (QED) is 0.720. The van der Waals surface area contributed by atoms with E-state index in [4.69, 9.17) is 4.74 Å². The second-order valence-electron chi connectivity index (χ2n) is 6.88. The molecule has 0 aromatic heterocycles. The molecule has 1 aliphatic heterocycles. The summed E-state index contributed by atoms with van der Waals surface area (Å²) >= 11 is 0. The molecule has 1 fully saturated rings. The maximum Gasteiger partial charge on any atom is 0.339 e. The predicted molar refractivity (Wildman–Crippen MR) is 105 cm³/mol. The molecular formula is C21H23NO5S. The first-order chi connectivity index (χ1) is 13.4. The van der Waals surface area contributed by atoms with E-state index in [0.29, 0.717) is 18.7 Å². The van der Waals surface area contributed by atoms with Gasteiger partial charge in [0.25, 0.3) is 5.91 Å². The van der Waals surface area contributed by atoms with Crippen LogP contribution >= 0.6 is 0 Å². The van der Waals surface area contributed by atoms with E-state index in [2.05, 4.69) is 0 Å². The lowest BCUT2D eigenvalue weighted by Gasteiger charge is -2.30. The van der Waals surface area contributed by atoms with Crippen molar-refractivity contribution in [2.75, 3.05) is 19.3 Å². The molecule has 2 aromatic rings. The van der Waals surface area contributed by atoms with Crippen LogP contribution in [0.15, 0.2) is 59.5 Å². The molecule has 0 bridgehead atoms. The van der Waals surface area contributed by atoms with Gasteiger partial charge in [0.05, 0.1) is 10.5 Å². The smallest absolute Gasteiger partial charge is 0.339 e. The highest BCUT2D eigenvalue weighted by molar-refractivity contribution is 7.90. The van der Waals surface area contributed by atoms with Crippen LogP contribution in [0, 0.1) is 0 Å². The minimum atomic E-state index is -3.35. The minimum absolute atomic E-state index is 0.119. The molecule has 3 rings (SSSR count). The topological polar surface area (TPSA) is 80.7 Å². The predicted octanol–water partition coefficient (Wildman–Crippen LogP) is 3.00. The van der Waals surface area contributed by atoms with E-state index in [1.54, 1.807) is 29.2 Å². The lowest BCUT2D eigenvalue weighted by atomic mass is 10.1. The first kappa shape index (κ1) is 20.1. The molecule has 6 nitrogen and oxygen atoms in total. The van der Waals surface area contributed by atoms with Crippen molar-refractivity contribution in [3.05, 3.63) is 65.7 Å². The lowest BCUT2D eigenvalue weighted by Crippen LogP contribution is -2.40. The van der Waals surface area contributed by atoms with Crippen molar-refractivity contribution in [2.45, 2.75) is 30.3 Å². The molecule has 0 aliphatic carbocycles. The van der Waals surface area contributed by atoms with E-state index in [1.807, 2.05) is 6.07 Å². The maximum atomic E-state index is 13.0. The van der Waals surface area contributed by atoms with Crippen LogP contribution in [-0.4, -0.2) is 44.5 Å². The van der Waals surface area contributed by atoms with Crippen LogP contribution in [0.5, 0.6) is 0 Å². The summed E-state index contributed by atoms with van der Waals surface area (Å²) in [5.41, 5.74) is 0.805. The lowest BCUT2D eigenvalue weighted by molar-refractivity contribution is -0.142. The molecule has 1 saturated heterocycles. The van der Waals surface area contributed by atoms with E-state index in [0.717, 1.165) is 25.5 Å². The van der Waals surface area contributed by atoms with Crippen molar-refractivity contribution in [3.8, 4) is 0 Å². The largest absolute Gasteiger partial charge is 0.444 e. The van der Waals surface area contributed by atoms with Gasteiger partial charge in [-0.2, -0.15) is 0 Å². The normalized spacial score (nSPS) is 15.7. The number of piperidine rings is 1.